The topological polar surface area (TPSA) is 29.5 Å². The van der Waals surface area contributed by atoms with Gasteiger partial charge in [-0.05, 0) is 19.3 Å². The van der Waals surface area contributed by atoms with Gasteiger partial charge in [-0.15, -0.1) is 0 Å². The molecule has 0 aromatic heterocycles. The van der Waals surface area contributed by atoms with E-state index in [1.807, 2.05) is 0 Å². The Hall–Kier alpha value is -0.0800. The zero-order valence-electron chi connectivity index (χ0n) is 12.9. The van der Waals surface area contributed by atoms with Gasteiger partial charge in [0.2, 0.25) is 0 Å². The Morgan fingerprint density at radius 2 is 1.53 bits per heavy atom. The molecular formula is C17H34O2. The predicted molar refractivity (Wildman–Crippen MR) is 81.4 cm³/mol. The lowest BCUT2D eigenvalue weighted by Gasteiger charge is -2.16. The molecule has 0 aromatic carbocycles. The molecule has 19 heavy (non-hydrogen) atoms. The summed E-state index contributed by atoms with van der Waals surface area (Å²) in [5, 5.41) is 9.95. The molecular weight excluding hydrogens is 236 g/mol. The summed E-state index contributed by atoms with van der Waals surface area (Å²) in [6.45, 7) is 3.12. The highest BCUT2D eigenvalue weighted by atomic mass is 16.5. The van der Waals surface area contributed by atoms with Crippen LogP contribution < -0.4 is 0 Å². The van der Waals surface area contributed by atoms with Crippen molar-refractivity contribution in [3.63, 3.8) is 0 Å². The van der Waals surface area contributed by atoms with Gasteiger partial charge in [-0.1, -0.05) is 71.1 Å². The van der Waals surface area contributed by atoms with Gasteiger partial charge in [0.15, 0.2) is 0 Å². The smallest absolute Gasteiger partial charge is 0.0834 e. The lowest BCUT2D eigenvalue weighted by atomic mass is 10.0. The number of unbranched alkanes of at least 4 members (excludes halogenated alkanes) is 9. The molecule has 2 heteroatoms. The molecule has 0 aromatic rings. The number of rotatable bonds is 12. The molecule has 1 fully saturated rings. The summed E-state index contributed by atoms with van der Waals surface area (Å²) in [6, 6.07) is 0. The van der Waals surface area contributed by atoms with E-state index in [4.69, 9.17) is 4.74 Å². The van der Waals surface area contributed by atoms with Gasteiger partial charge in [0.25, 0.3) is 0 Å². The first kappa shape index (κ1) is 17.0. The second kappa shape index (κ2) is 11.7. The van der Waals surface area contributed by atoms with E-state index in [2.05, 4.69) is 6.92 Å². The van der Waals surface area contributed by atoms with Gasteiger partial charge < -0.3 is 9.84 Å². The van der Waals surface area contributed by atoms with Crippen LogP contribution >= 0.6 is 0 Å². The minimum Gasteiger partial charge on any atom is -0.390 e. The molecule has 114 valence electrons. The molecule has 0 aliphatic carbocycles. The molecule has 0 bridgehead atoms. The highest BCUT2D eigenvalue weighted by molar-refractivity contribution is 4.73. The van der Waals surface area contributed by atoms with Gasteiger partial charge in [-0.2, -0.15) is 0 Å². The van der Waals surface area contributed by atoms with Gasteiger partial charge in [-0.25, -0.2) is 0 Å². The Morgan fingerprint density at radius 1 is 0.947 bits per heavy atom. The highest BCUT2D eigenvalue weighted by Gasteiger charge is 2.23. The van der Waals surface area contributed by atoms with Crippen LogP contribution in [0.5, 0.6) is 0 Å². The minimum absolute atomic E-state index is 0.138. The summed E-state index contributed by atoms with van der Waals surface area (Å²) in [5.74, 6) is 0. The van der Waals surface area contributed by atoms with Gasteiger partial charge in [0, 0.05) is 6.61 Å². The molecule has 1 rings (SSSR count). The van der Waals surface area contributed by atoms with Crippen molar-refractivity contribution in [2.45, 2.75) is 103 Å². The third kappa shape index (κ3) is 8.65. The Bertz CT molecular complexity index is 188. The van der Waals surface area contributed by atoms with E-state index < -0.39 is 0 Å². The van der Waals surface area contributed by atoms with Crippen LogP contribution in [0, 0.1) is 0 Å². The molecule has 0 radical (unpaired) electrons. The van der Waals surface area contributed by atoms with Crippen molar-refractivity contribution in [2.24, 2.45) is 0 Å². The van der Waals surface area contributed by atoms with Crippen LogP contribution in [0.4, 0.5) is 0 Å². The summed E-state index contributed by atoms with van der Waals surface area (Å²) < 4.78 is 5.51. The predicted octanol–water partition coefficient (Wildman–Crippen LogP) is 4.84. The summed E-state index contributed by atoms with van der Waals surface area (Å²) in [7, 11) is 0. The zero-order valence-corrected chi connectivity index (χ0v) is 12.9. The quantitative estimate of drug-likeness (QED) is 0.514. The standard InChI is InChI=1S/C17H34O2/c1-2-3-4-5-6-7-8-9-10-11-13-16(18)17-14-12-15-19-17/h16-18H,2-15H2,1H3/t16-,17-/m0/s1. The van der Waals surface area contributed by atoms with Gasteiger partial charge in [-0.3, -0.25) is 0 Å². The molecule has 1 aliphatic rings. The summed E-state index contributed by atoms with van der Waals surface area (Å²) in [5.41, 5.74) is 0. The first-order valence-corrected chi connectivity index (χ1v) is 8.64. The number of hydrogen-bond donors (Lipinski definition) is 1. The van der Waals surface area contributed by atoms with Gasteiger partial charge >= 0.3 is 0 Å². The first-order chi connectivity index (χ1) is 9.34. The molecule has 1 aliphatic heterocycles. The summed E-state index contributed by atoms with van der Waals surface area (Å²) in [4.78, 5) is 0. The fraction of sp³-hybridized carbons (Fsp3) is 1.00. The Balaban J connectivity index is 1.78. The molecule has 0 unspecified atom stereocenters. The second-order valence-electron chi connectivity index (χ2n) is 6.09. The van der Waals surface area contributed by atoms with E-state index in [1.54, 1.807) is 0 Å². The third-order valence-corrected chi connectivity index (χ3v) is 4.25. The van der Waals surface area contributed by atoms with E-state index in [0.29, 0.717) is 0 Å². The van der Waals surface area contributed by atoms with Gasteiger partial charge in [0.05, 0.1) is 12.2 Å². The van der Waals surface area contributed by atoms with Crippen molar-refractivity contribution in [3.8, 4) is 0 Å². The largest absolute Gasteiger partial charge is 0.390 e. The summed E-state index contributed by atoms with van der Waals surface area (Å²) >= 11 is 0. The van der Waals surface area contributed by atoms with Crippen molar-refractivity contribution in [3.05, 3.63) is 0 Å². The van der Waals surface area contributed by atoms with Crippen molar-refractivity contribution < 1.29 is 9.84 Å². The maximum absolute atomic E-state index is 9.95. The maximum atomic E-state index is 9.95. The number of aliphatic hydroxyl groups excluding tert-OH is 1. The summed E-state index contributed by atoms with van der Waals surface area (Å²) in [6.07, 6.45) is 16.6. The Kier molecular flexibility index (Phi) is 10.5. The van der Waals surface area contributed by atoms with Gasteiger partial charge in [0.1, 0.15) is 0 Å². The van der Waals surface area contributed by atoms with Crippen molar-refractivity contribution in [1.29, 1.82) is 0 Å². The highest BCUT2D eigenvalue weighted by Crippen LogP contribution is 2.19. The Morgan fingerprint density at radius 3 is 2.05 bits per heavy atom. The SMILES string of the molecule is CCCCCCCCCCCC[C@H](O)[C@@H]1CCCO1. The first-order valence-electron chi connectivity index (χ1n) is 8.64. The zero-order chi connectivity index (χ0) is 13.8. The fourth-order valence-corrected chi connectivity index (χ4v) is 2.93. The van der Waals surface area contributed by atoms with Crippen LogP contribution in [0.1, 0.15) is 90.4 Å². The molecule has 2 nitrogen and oxygen atoms in total. The van der Waals surface area contributed by atoms with Crippen molar-refractivity contribution in [2.75, 3.05) is 6.61 Å². The van der Waals surface area contributed by atoms with E-state index in [9.17, 15) is 5.11 Å². The lowest BCUT2D eigenvalue weighted by molar-refractivity contribution is -0.00636. The Labute approximate surface area is 119 Å². The van der Waals surface area contributed by atoms with Crippen LogP contribution in [0.25, 0.3) is 0 Å². The minimum atomic E-state index is -0.212. The number of hydrogen-bond acceptors (Lipinski definition) is 2. The molecule has 0 spiro atoms. The third-order valence-electron chi connectivity index (χ3n) is 4.25. The molecule has 1 saturated heterocycles. The molecule has 1 heterocycles. The fourth-order valence-electron chi connectivity index (χ4n) is 2.93. The molecule has 2 atom stereocenters. The molecule has 1 N–H and O–H groups in total. The van der Waals surface area contributed by atoms with Crippen molar-refractivity contribution >= 4 is 0 Å². The van der Waals surface area contributed by atoms with E-state index in [-0.39, 0.29) is 12.2 Å². The average molecular weight is 270 g/mol. The second-order valence-corrected chi connectivity index (χ2v) is 6.09. The monoisotopic (exact) mass is 270 g/mol. The van der Waals surface area contributed by atoms with Crippen molar-refractivity contribution in [1.82, 2.24) is 0 Å². The van der Waals surface area contributed by atoms with Crippen LogP contribution in [0.3, 0.4) is 0 Å². The van der Waals surface area contributed by atoms with Crippen LogP contribution in [-0.2, 0) is 4.74 Å². The average Bonchev–Trinajstić information content (AvgIpc) is 2.95. The lowest BCUT2D eigenvalue weighted by Crippen LogP contribution is -2.24. The molecule has 0 amide bonds. The maximum Gasteiger partial charge on any atom is 0.0834 e. The van der Waals surface area contributed by atoms with Crippen LogP contribution in [0.15, 0.2) is 0 Å². The van der Waals surface area contributed by atoms with E-state index >= 15 is 0 Å². The normalized spacial score (nSPS) is 20.8. The van der Waals surface area contributed by atoms with E-state index in [1.165, 1.54) is 57.8 Å². The van der Waals surface area contributed by atoms with Crippen LogP contribution in [0.2, 0.25) is 0 Å². The molecule has 0 saturated carbocycles. The number of ether oxygens (including phenoxy) is 1. The number of aliphatic hydroxyl groups is 1. The van der Waals surface area contributed by atoms with E-state index in [0.717, 1.165) is 32.3 Å². The van der Waals surface area contributed by atoms with Crippen LogP contribution in [-0.4, -0.2) is 23.9 Å².